The summed E-state index contributed by atoms with van der Waals surface area (Å²) in [6, 6.07) is 7.30. The standard InChI is InChI=1S/C20H14BrF3N2O5/c1-2-31-15-9-10(8-14(21)16(15)27)7-13-17(20(22,23)24)25-26(18(13)28)12-5-3-11(4-6-12)19(29)30/h3-9,27H,2H2,1H3,(H,29,30). The first-order valence-corrected chi connectivity index (χ1v) is 9.53. The fraction of sp³-hybridized carbons (Fsp3) is 0.150. The van der Waals surface area contributed by atoms with Gasteiger partial charge in [-0.15, -0.1) is 0 Å². The van der Waals surface area contributed by atoms with Gasteiger partial charge in [0.25, 0.3) is 5.91 Å². The average Bonchev–Trinajstić information content (AvgIpc) is 3.02. The molecule has 7 nitrogen and oxygen atoms in total. The van der Waals surface area contributed by atoms with Crippen LogP contribution < -0.4 is 9.75 Å². The molecule has 1 amide bonds. The van der Waals surface area contributed by atoms with Crippen LogP contribution in [0.2, 0.25) is 0 Å². The minimum absolute atomic E-state index is 0.0259. The van der Waals surface area contributed by atoms with Crippen molar-refractivity contribution in [2.75, 3.05) is 11.6 Å². The van der Waals surface area contributed by atoms with Crippen LogP contribution in [0, 0.1) is 0 Å². The summed E-state index contributed by atoms with van der Waals surface area (Å²) in [5.41, 5.74) is -2.07. The molecule has 31 heavy (non-hydrogen) atoms. The number of anilines is 1. The van der Waals surface area contributed by atoms with E-state index in [0.717, 1.165) is 18.2 Å². The number of carbonyl (C=O) groups excluding carboxylic acids is 1. The van der Waals surface area contributed by atoms with Crippen molar-refractivity contribution in [3.8, 4) is 11.5 Å². The zero-order valence-electron chi connectivity index (χ0n) is 15.8. The fourth-order valence-electron chi connectivity index (χ4n) is 2.78. The Morgan fingerprint density at radius 2 is 1.90 bits per heavy atom. The molecule has 0 saturated carbocycles. The lowest BCUT2D eigenvalue weighted by Gasteiger charge is -2.12. The summed E-state index contributed by atoms with van der Waals surface area (Å²) >= 11 is 3.10. The Morgan fingerprint density at radius 1 is 1.26 bits per heavy atom. The van der Waals surface area contributed by atoms with Crippen LogP contribution in [0.5, 0.6) is 11.5 Å². The SMILES string of the molecule is CCOc1cc(C=C2C(=O)N(c3ccc(C(=O)O)cc3)N=C2C(F)(F)F)cc(Br)c1O. The van der Waals surface area contributed by atoms with Crippen molar-refractivity contribution in [1.29, 1.82) is 0 Å². The molecule has 0 radical (unpaired) electrons. The molecule has 2 aromatic rings. The summed E-state index contributed by atoms with van der Waals surface area (Å²) < 4.78 is 46.2. The summed E-state index contributed by atoms with van der Waals surface area (Å²) in [5.74, 6) is -2.47. The third-order valence-electron chi connectivity index (χ3n) is 4.17. The lowest BCUT2D eigenvalue weighted by Crippen LogP contribution is -2.25. The van der Waals surface area contributed by atoms with Crippen LogP contribution in [0.25, 0.3) is 6.08 Å². The van der Waals surface area contributed by atoms with Gasteiger partial charge in [0.1, 0.15) is 0 Å². The molecule has 2 N–H and O–H groups in total. The molecule has 0 bridgehead atoms. The molecule has 2 aromatic carbocycles. The van der Waals surface area contributed by atoms with Gasteiger partial charge in [-0.05, 0) is 70.9 Å². The molecule has 0 unspecified atom stereocenters. The second kappa shape index (κ2) is 8.42. The van der Waals surface area contributed by atoms with E-state index in [2.05, 4.69) is 21.0 Å². The molecule has 0 spiro atoms. The Morgan fingerprint density at radius 3 is 2.45 bits per heavy atom. The molecule has 0 aromatic heterocycles. The molecule has 162 valence electrons. The van der Waals surface area contributed by atoms with Gasteiger partial charge in [-0.2, -0.15) is 23.3 Å². The van der Waals surface area contributed by atoms with Gasteiger partial charge in [-0.3, -0.25) is 4.79 Å². The highest BCUT2D eigenvalue weighted by Gasteiger charge is 2.46. The maximum absolute atomic E-state index is 13.6. The Bertz CT molecular complexity index is 1110. The van der Waals surface area contributed by atoms with Gasteiger partial charge in [0, 0.05) is 0 Å². The number of benzene rings is 2. The zero-order chi connectivity index (χ0) is 22.9. The first-order chi connectivity index (χ1) is 14.5. The highest BCUT2D eigenvalue weighted by molar-refractivity contribution is 9.10. The van der Waals surface area contributed by atoms with Crippen molar-refractivity contribution >= 4 is 45.3 Å². The van der Waals surface area contributed by atoms with Crippen LogP contribution >= 0.6 is 15.9 Å². The van der Waals surface area contributed by atoms with E-state index in [1.54, 1.807) is 6.92 Å². The highest BCUT2D eigenvalue weighted by atomic mass is 79.9. The average molecular weight is 499 g/mol. The van der Waals surface area contributed by atoms with E-state index in [1.165, 1.54) is 24.3 Å². The number of nitrogens with zero attached hydrogens (tertiary/aromatic N) is 2. The summed E-state index contributed by atoms with van der Waals surface area (Å²) in [5, 5.41) is 22.9. The first kappa shape index (κ1) is 22.3. The molecule has 3 rings (SSSR count). The topological polar surface area (TPSA) is 99.4 Å². The Kier molecular flexibility index (Phi) is 6.07. The molecule has 1 aliphatic heterocycles. The normalized spacial score (nSPS) is 15.4. The number of ether oxygens (including phenoxy) is 1. The summed E-state index contributed by atoms with van der Waals surface area (Å²) in [6.45, 7) is 1.87. The van der Waals surface area contributed by atoms with Crippen molar-refractivity contribution in [2.45, 2.75) is 13.1 Å². The Labute approximate surface area is 182 Å². The number of rotatable bonds is 5. The van der Waals surface area contributed by atoms with Gasteiger partial charge < -0.3 is 14.9 Å². The van der Waals surface area contributed by atoms with Crippen LogP contribution in [-0.4, -0.2) is 40.6 Å². The lowest BCUT2D eigenvalue weighted by molar-refractivity contribution is -0.114. The summed E-state index contributed by atoms with van der Waals surface area (Å²) in [7, 11) is 0. The van der Waals surface area contributed by atoms with Gasteiger partial charge >= 0.3 is 12.1 Å². The molecular formula is C20H14BrF3N2O5. The van der Waals surface area contributed by atoms with Crippen molar-refractivity contribution in [3.05, 3.63) is 57.6 Å². The number of carboxylic acid groups (broad SMARTS) is 1. The van der Waals surface area contributed by atoms with Crippen LogP contribution in [0.4, 0.5) is 18.9 Å². The number of aromatic carboxylic acids is 1. The van der Waals surface area contributed by atoms with Gasteiger partial charge in [0.05, 0.1) is 27.9 Å². The second-order valence-electron chi connectivity index (χ2n) is 6.26. The van der Waals surface area contributed by atoms with Crippen molar-refractivity contribution < 1.29 is 37.7 Å². The van der Waals surface area contributed by atoms with Gasteiger partial charge in [0.2, 0.25) is 0 Å². The van der Waals surface area contributed by atoms with Crippen LogP contribution in [0.3, 0.4) is 0 Å². The van der Waals surface area contributed by atoms with Gasteiger partial charge in [0.15, 0.2) is 17.2 Å². The van der Waals surface area contributed by atoms with Crippen LogP contribution in [-0.2, 0) is 4.79 Å². The number of carboxylic acids is 1. The quantitative estimate of drug-likeness (QED) is 0.586. The molecule has 0 atom stereocenters. The third kappa shape index (κ3) is 4.55. The van der Waals surface area contributed by atoms with Crippen molar-refractivity contribution in [1.82, 2.24) is 0 Å². The van der Waals surface area contributed by atoms with Crippen LogP contribution in [0.1, 0.15) is 22.8 Å². The molecular weight excluding hydrogens is 485 g/mol. The number of alkyl halides is 3. The number of phenolic OH excluding ortho intramolecular Hbond substituents is 1. The molecule has 0 saturated heterocycles. The van der Waals surface area contributed by atoms with E-state index >= 15 is 0 Å². The predicted molar refractivity (Wildman–Crippen MR) is 109 cm³/mol. The maximum atomic E-state index is 13.6. The minimum atomic E-state index is -4.92. The summed E-state index contributed by atoms with van der Waals surface area (Å²) in [4.78, 5) is 23.7. The summed E-state index contributed by atoms with van der Waals surface area (Å²) in [6.07, 6.45) is -3.93. The molecule has 0 fully saturated rings. The third-order valence-corrected chi connectivity index (χ3v) is 4.77. The number of halogens is 4. The van der Waals surface area contributed by atoms with E-state index in [0.29, 0.717) is 5.01 Å². The first-order valence-electron chi connectivity index (χ1n) is 8.74. The minimum Gasteiger partial charge on any atom is -0.503 e. The number of hydrazone groups is 1. The van der Waals surface area contributed by atoms with E-state index in [-0.39, 0.29) is 39.4 Å². The molecule has 1 heterocycles. The van der Waals surface area contributed by atoms with E-state index in [4.69, 9.17) is 9.84 Å². The van der Waals surface area contributed by atoms with Crippen molar-refractivity contribution in [3.63, 3.8) is 0 Å². The van der Waals surface area contributed by atoms with Crippen molar-refractivity contribution in [2.24, 2.45) is 5.10 Å². The maximum Gasteiger partial charge on any atom is 0.435 e. The second-order valence-corrected chi connectivity index (χ2v) is 7.11. The fourth-order valence-corrected chi connectivity index (χ4v) is 3.24. The van der Waals surface area contributed by atoms with E-state index < -0.39 is 29.3 Å². The number of amides is 1. The van der Waals surface area contributed by atoms with Crippen LogP contribution in [0.15, 0.2) is 51.5 Å². The Hall–Kier alpha value is -3.34. The molecule has 11 heteroatoms. The smallest absolute Gasteiger partial charge is 0.435 e. The Balaban J connectivity index is 2.07. The lowest BCUT2D eigenvalue weighted by atomic mass is 10.1. The molecule has 0 aliphatic carbocycles. The van der Waals surface area contributed by atoms with E-state index in [1.807, 2.05) is 0 Å². The largest absolute Gasteiger partial charge is 0.503 e. The number of hydrogen-bond donors (Lipinski definition) is 2. The number of carbonyl (C=O) groups is 2. The monoisotopic (exact) mass is 498 g/mol. The van der Waals surface area contributed by atoms with E-state index in [9.17, 15) is 27.9 Å². The zero-order valence-corrected chi connectivity index (χ0v) is 17.4. The predicted octanol–water partition coefficient (Wildman–Crippen LogP) is 4.60. The van der Waals surface area contributed by atoms with Gasteiger partial charge in [-0.1, -0.05) is 0 Å². The number of hydrogen-bond acceptors (Lipinski definition) is 5. The molecule has 1 aliphatic rings. The van der Waals surface area contributed by atoms with Gasteiger partial charge in [-0.25, -0.2) is 4.79 Å². The number of aromatic hydroxyl groups is 1. The highest BCUT2D eigenvalue weighted by Crippen LogP contribution is 2.38. The number of phenols is 1.